The molecule has 0 unspecified atom stereocenters. The zero-order valence-electron chi connectivity index (χ0n) is 13.0. The minimum atomic E-state index is -4.07. The van der Waals surface area contributed by atoms with Crippen LogP contribution in [0.1, 0.15) is 27.2 Å². The summed E-state index contributed by atoms with van der Waals surface area (Å²) in [5, 5.41) is 0. The fourth-order valence-electron chi connectivity index (χ4n) is 2.52. The van der Waals surface area contributed by atoms with E-state index >= 15 is 0 Å². The van der Waals surface area contributed by atoms with Crippen molar-refractivity contribution in [3.63, 3.8) is 0 Å². The van der Waals surface area contributed by atoms with Gasteiger partial charge in [-0.3, -0.25) is 0 Å². The Bertz CT molecular complexity index is 235. The van der Waals surface area contributed by atoms with Crippen LogP contribution in [0.5, 0.6) is 0 Å². The van der Waals surface area contributed by atoms with Crippen molar-refractivity contribution in [2.45, 2.75) is 37.8 Å². The van der Waals surface area contributed by atoms with E-state index in [0.29, 0.717) is 0 Å². The number of hydrogen-bond donors (Lipinski definition) is 0. The van der Waals surface area contributed by atoms with Crippen molar-refractivity contribution in [3.8, 4) is 0 Å². The van der Waals surface area contributed by atoms with Gasteiger partial charge < -0.3 is 0 Å². The molecule has 0 aromatic carbocycles. The topological polar surface area (TPSA) is 9.72 Å². The number of halogens is 3. The van der Waals surface area contributed by atoms with Gasteiger partial charge in [-0.05, 0) is 0 Å². The Morgan fingerprint density at radius 1 is 0.789 bits per heavy atom. The Balaban J connectivity index is 5.36. The van der Waals surface area contributed by atoms with Crippen LogP contribution in [0.15, 0.2) is 0 Å². The normalized spacial score (nSPS) is 13.9. The zero-order valence-corrected chi connectivity index (χ0v) is 15.9. The Labute approximate surface area is 120 Å². The van der Waals surface area contributed by atoms with E-state index < -0.39 is 31.8 Å². The molecule has 0 aliphatic carbocycles. The first-order valence-corrected chi connectivity index (χ1v) is 12.7. The van der Waals surface area contributed by atoms with Crippen molar-refractivity contribution in [1.29, 1.82) is 0 Å². The molecule has 7 heteroatoms. The quantitative estimate of drug-likeness (QED) is 0.591. The standard InChI is InChI=1S/C3H4F3.3C3H8N.Sn/c1-2-3(4,5)6;3*1-3-4-2;/h1-2H2;3*3H2,1-2H3;/q;3*-1;+3. The van der Waals surface area contributed by atoms with E-state index in [1.54, 1.807) is 0 Å². The molecule has 0 aliphatic heterocycles. The molecule has 0 heterocycles. The van der Waals surface area contributed by atoms with E-state index in [0.717, 1.165) is 19.6 Å². The first-order valence-electron chi connectivity index (χ1n) is 6.86. The molecule has 0 spiro atoms. The van der Waals surface area contributed by atoms with Gasteiger partial charge in [0.2, 0.25) is 0 Å². The molecular formula is C12H28F3N3Sn. The monoisotopic (exact) mass is 391 g/mol. The van der Waals surface area contributed by atoms with Gasteiger partial charge in [-0.1, -0.05) is 0 Å². The molecule has 0 rings (SSSR count). The summed E-state index contributed by atoms with van der Waals surface area (Å²) >= 11 is -3.33. The maximum absolute atomic E-state index is 12.7. The van der Waals surface area contributed by atoms with Crippen LogP contribution in [0.3, 0.4) is 0 Å². The summed E-state index contributed by atoms with van der Waals surface area (Å²) in [6.45, 7) is 8.44. The van der Waals surface area contributed by atoms with E-state index in [1.165, 1.54) is 0 Å². The number of nitrogens with zero attached hydrogens (tertiary/aromatic N) is 3. The third-order valence-electron chi connectivity index (χ3n) is 4.00. The van der Waals surface area contributed by atoms with Crippen LogP contribution in [0.4, 0.5) is 13.2 Å². The zero-order chi connectivity index (χ0) is 15.3. The summed E-state index contributed by atoms with van der Waals surface area (Å²) in [5.41, 5.74) is 0. The predicted molar refractivity (Wildman–Crippen MR) is 76.1 cm³/mol. The number of alkyl halides is 3. The van der Waals surface area contributed by atoms with Crippen molar-refractivity contribution in [1.82, 2.24) is 9.36 Å². The summed E-state index contributed by atoms with van der Waals surface area (Å²) in [4.78, 5) is 0. The number of hydrogen-bond acceptors (Lipinski definition) is 3. The van der Waals surface area contributed by atoms with E-state index in [1.807, 2.05) is 41.9 Å². The van der Waals surface area contributed by atoms with E-state index in [9.17, 15) is 13.2 Å². The van der Waals surface area contributed by atoms with Crippen molar-refractivity contribution in [2.24, 2.45) is 0 Å². The Morgan fingerprint density at radius 3 is 1.32 bits per heavy atom. The Hall–Kier alpha value is 0.469. The second-order valence-corrected chi connectivity index (χ2v) is 17.3. The molecule has 116 valence electrons. The molecule has 0 saturated heterocycles. The molecule has 0 aromatic heterocycles. The van der Waals surface area contributed by atoms with E-state index in [2.05, 4.69) is 9.36 Å². The summed E-state index contributed by atoms with van der Waals surface area (Å²) in [7, 11) is 5.93. The molecule has 0 bridgehead atoms. The van der Waals surface area contributed by atoms with Crippen LogP contribution in [0.25, 0.3) is 0 Å². The van der Waals surface area contributed by atoms with Gasteiger partial charge in [0.1, 0.15) is 0 Å². The average molecular weight is 390 g/mol. The first-order chi connectivity index (χ1) is 8.65. The molecule has 0 saturated carbocycles. The van der Waals surface area contributed by atoms with Crippen LogP contribution in [0, 0.1) is 0 Å². The molecule has 0 aliphatic rings. The molecular weight excluding hydrogens is 362 g/mol. The van der Waals surface area contributed by atoms with Gasteiger partial charge in [-0.25, -0.2) is 0 Å². The van der Waals surface area contributed by atoms with Crippen molar-refractivity contribution in [2.75, 3.05) is 40.8 Å². The number of rotatable bonds is 8. The molecule has 0 fully saturated rings. The molecule has 0 radical (unpaired) electrons. The fraction of sp³-hybridized carbons (Fsp3) is 1.00. The van der Waals surface area contributed by atoms with Gasteiger partial charge in [0.25, 0.3) is 0 Å². The van der Waals surface area contributed by atoms with Gasteiger partial charge in [0.05, 0.1) is 0 Å². The van der Waals surface area contributed by atoms with Crippen LogP contribution < -0.4 is 0 Å². The Kier molecular flexibility index (Phi) is 8.24. The summed E-state index contributed by atoms with van der Waals surface area (Å²) < 4.78 is 44.9. The SMILES string of the molecule is CC[N](C)[Sn]([CH2]CC(F)(F)F)([N](C)CC)[N](C)CC. The summed E-state index contributed by atoms with van der Waals surface area (Å²) in [6, 6.07) is 0. The van der Waals surface area contributed by atoms with Crippen molar-refractivity contribution < 1.29 is 13.2 Å². The second kappa shape index (κ2) is 8.04. The third-order valence-corrected chi connectivity index (χ3v) is 19.8. The second-order valence-electron chi connectivity index (χ2n) is 4.93. The average Bonchev–Trinajstić information content (AvgIpc) is 2.36. The van der Waals surface area contributed by atoms with E-state index in [4.69, 9.17) is 0 Å². The van der Waals surface area contributed by atoms with E-state index in [-0.39, 0.29) is 4.44 Å². The predicted octanol–water partition coefficient (Wildman–Crippen LogP) is 2.73. The molecule has 3 nitrogen and oxygen atoms in total. The van der Waals surface area contributed by atoms with Crippen molar-refractivity contribution in [3.05, 3.63) is 0 Å². The first kappa shape index (κ1) is 19.5. The summed E-state index contributed by atoms with van der Waals surface area (Å²) in [5.74, 6) is 0. The van der Waals surface area contributed by atoms with Gasteiger partial charge in [-0.15, -0.1) is 0 Å². The summed E-state index contributed by atoms with van der Waals surface area (Å²) in [6.07, 6.45) is -4.75. The third kappa shape index (κ3) is 5.06. The van der Waals surface area contributed by atoms with Gasteiger partial charge in [0.15, 0.2) is 0 Å². The minimum absolute atomic E-state index is 0.261. The van der Waals surface area contributed by atoms with Crippen LogP contribution in [-0.2, 0) is 0 Å². The molecule has 0 N–H and O–H groups in total. The van der Waals surface area contributed by atoms with Gasteiger partial charge in [-0.2, -0.15) is 0 Å². The van der Waals surface area contributed by atoms with Crippen LogP contribution >= 0.6 is 0 Å². The molecule has 0 aromatic rings. The van der Waals surface area contributed by atoms with Crippen molar-refractivity contribution >= 4 is 19.2 Å². The van der Waals surface area contributed by atoms with Crippen LogP contribution in [-0.4, -0.2) is 75.5 Å². The van der Waals surface area contributed by atoms with Crippen LogP contribution in [0.2, 0.25) is 4.44 Å². The molecule has 0 amide bonds. The molecule has 0 atom stereocenters. The fourth-order valence-corrected chi connectivity index (χ4v) is 16.9. The Morgan fingerprint density at radius 2 is 1.11 bits per heavy atom. The van der Waals surface area contributed by atoms with Gasteiger partial charge >= 0.3 is 120 Å². The maximum atomic E-state index is 12.7. The molecule has 19 heavy (non-hydrogen) atoms. The van der Waals surface area contributed by atoms with Gasteiger partial charge in [0, 0.05) is 0 Å².